The first-order valence-electron chi connectivity index (χ1n) is 8.44. The summed E-state index contributed by atoms with van der Waals surface area (Å²) in [6.45, 7) is 6.15. The molecule has 0 bridgehead atoms. The lowest BCUT2D eigenvalue weighted by molar-refractivity contribution is -0.139. The van der Waals surface area contributed by atoms with E-state index in [9.17, 15) is 4.79 Å². The molecule has 2 rings (SSSR count). The van der Waals surface area contributed by atoms with E-state index in [1.165, 1.54) is 0 Å². The highest BCUT2D eigenvalue weighted by Crippen LogP contribution is 2.34. The molecular formula is C20H26O5. The summed E-state index contributed by atoms with van der Waals surface area (Å²) in [7, 11) is 3.19. The van der Waals surface area contributed by atoms with Crippen molar-refractivity contribution in [2.24, 2.45) is 5.92 Å². The zero-order valence-corrected chi connectivity index (χ0v) is 15.4. The molecule has 0 unspecified atom stereocenters. The van der Waals surface area contributed by atoms with Gasteiger partial charge in [-0.15, -0.1) is 0 Å². The van der Waals surface area contributed by atoms with E-state index in [1.807, 2.05) is 50.3 Å². The summed E-state index contributed by atoms with van der Waals surface area (Å²) in [5.41, 5.74) is 1.42. The zero-order valence-electron chi connectivity index (χ0n) is 15.4. The van der Waals surface area contributed by atoms with Gasteiger partial charge in [-0.1, -0.05) is 38.1 Å². The summed E-state index contributed by atoms with van der Waals surface area (Å²) >= 11 is 0. The lowest BCUT2D eigenvalue weighted by atomic mass is 10.0. The van der Waals surface area contributed by atoms with Gasteiger partial charge in [0.15, 0.2) is 0 Å². The van der Waals surface area contributed by atoms with Gasteiger partial charge in [0.1, 0.15) is 29.3 Å². The van der Waals surface area contributed by atoms with Crippen molar-refractivity contribution in [2.75, 3.05) is 20.8 Å². The molecule has 25 heavy (non-hydrogen) atoms. The maximum atomic E-state index is 12.4. The summed E-state index contributed by atoms with van der Waals surface area (Å²) in [6, 6.07) is 7.65. The van der Waals surface area contributed by atoms with Gasteiger partial charge in [-0.05, 0) is 30.5 Å². The highest BCUT2D eigenvalue weighted by atomic mass is 16.6. The van der Waals surface area contributed by atoms with E-state index >= 15 is 0 Å². The minimum absolute atomic E-state index is 0.179. The quantitative estimate of drug-likeness (QED) is 0.706. The molecular weight excluding hydrogens is 320 g/mol. The van der Waals surface area contributed by atoms with Gasteiger partial charge >= 0.3 is 5.97 Å². The first-order valence-corrected chi connectivity index (χ1v) is 8.44. The number of ether oxygens (including phenoxy) is 4. The third-order valence-corrected chi connectivity index (χ3v) is 4.00. The van der Waals surface area contributed by atoms with Crippen LogP contribution < -0.4 is 4.74 Å². The smallest absolute Gasteiger partial charge is 0.340 e. The van der Waals surface area contributed by atoms with Crippen LogP contribution in [0.4, 0.5) is 0 Å². The predicted molar refractivity (Wildman–Crippen MR) is 96.2 cm³/mol. The maximum absolute atomic E-state index is 12.4. The van der Waals surface area contributed by atoms with Gasteiger partial charge < -0.3 is 18.9 Å². The first-order chi connectivity index (χ1) is 12.0. The molecule has 0 saturated carbocycles. The van der Waals surface area contributed by atoms with Crippen LogP contribution in [0.15, 0.2) is 41.7 Å². The van der Waals surface area contributed by atoms with Gasteiger partial charge in [0.2, 0.25) is 0 Å². The molecule has 136 valence electrons. The highest BCUT2D eigenvalue weighted by molar-refractivity contribution is 5.91. The molecule has 0 fully saturated rings. The van der Waals surface area contributed by atoms with Crippen LogP contribution in [0.25, 0.3) is 6.08 Å². The second kappa shape index (κ2) is 8.72. The van der Waals surface area contributed by atoms with Crippen LogP contribution in [-0.2, 0) is 19.0 Å². The summed E-state index contributed by atoms with van der Waals surface area (Å²) in [6.07, 6.45) is 3.01. The van der Waals surface area contributed by atoms with E-state index in [2.05, 4.69) is 0 Å². The molecule has 0 spiro atoms. The van der Waals surface area contributed by atoms with Gasteiger partial charge in [-0.25, -0.2) is 4.79 Å². The van der Waals surface area contributed by atoms with Gasteiger partial charge in [0, 0.05) is 0 Å². The van der Waals surface area contributed by atoms with E-state index in [1.54, 1.807) is 21.1 Å². The molecule has 1 aliphatic heterocycles. The molecule has 1 aliphatic rings. The Morgan fingerprint density at radius 3 is 2.40 bits per heavy atom. The molecule has 5 heteroatoms. The number of benzene rings is 1. The van der Waals surface area contributed by atoms with Crippen molar-refractivity contribution in [1.82, 2.24) is 0 Å². The van der Waals surface area contributed by atoms with Crippen molar-refractivity contribution in [1.29, 1.82) is 0 Å². The fourth-order valence-corrected chi connectivity index (χ4v) is 2.75. The number of hydrogen-bond donors (Lipinski definition) is 0. The molecule has 0 aromatic heterocycles. The number of esters is 1. The second-order valence-corrected chi connectivity index (χ2v) is 6.06. The Morgan fingerprint density at radius 1 is 1.20 bits per heavy atom. The number of hydrogen-bond acceptors (Lipinski definition) is 5. The normalized spacial score (nSPS) is 20.4. The largest absolute Gasteiger partial charge is 0.498 e. The van der Waals surface area contributed by atoms with Crippen molar-refractivity contribution >= 4 is 12.0 Å². The summed E-state index contributed by atoms with van der Waals surface area (Å²) in [4.78, 5) is 12.4. The number of carbonyl (C=O) groups is 1. The molecule has 5 nitrogen and oxygen atoms in total. The minimum atomic E-state index is -0.497. The number of carbonyl (C=O) groups excluding carboxylic acids is 1. The zero-order chi connectivity index (χ0) is 18.4. The Kier molecular flexibility index (Phi) is 6.65. The lowest BCUT2D eigenvalue weighted by Gasteiger charge is -2.17. The van der Waals surface area contributed by atoms with E-state index < -0.39 is 12.1 Å². The van der Waals surface area contributed by atoms with E-state index in [4.69, 9.17) is 18.9 Å². The van der Waals surface area contributed by atoms with Crippen molar-refractivity contribution in [3.05, 3.63) is 47.2 Å². The van der Waals surface area contributed by atoms with Crippen molar-refractivity contribution in [3.63, 3.8) is 0 Å². The molecule has 2 atom stereocenters. The lowest BCUT2D eigenvalue weighted by Crippen LogP contribution is -2.20. The average molecular weight is 346 g/mol. The Balaban J connectivity index is 2.28. The van der Waals surface area contributed by atoms with Gasteiger partial charge in [-0.3, -0.25) is 0 Å². The van der Waals surface area contributed by atoms with Crippen LogP contribution in [0.1, 0.15) is 26.3 Å². The van der Waals surface area contributed by atoms with Crippen molar-refractivity contribution in [2.45, 2.75) is 33.0 Å². The third-order valence-electron chi connectivity index (χ3n) is 4.00. The molecule has 0 amide bonds. The monoisotopic (exact) mass is 346 g/mol. The van der Waals surface area contributed by atoms with Crippen LogP contribution in [0, 0.1) is 5.92 Å². The third kappa shape index (κ3) is 4.42. The maximum Gasteiger partial charge on any atom is 0.340 e. The molecule has 1 aromatic rings. The highest BCUT2D eigenvalue weighted by Gasteiger charge is 2.40. The van der Waals surface area contributed by atoms with Gasteiger partial charge in [0.25, 0.3) is 0 Å². The number of methoxy groups -OCH3 is 2. The standard InChI is InChI=1S/C20H26O5/c1-6-24-20(21)17-16(25-18(13(2)3)19(17)23-5)12-9-14-7-10-15(22-4)11-8-14/h7-13,16,18H,6H2,1-5H3/b12-9+/t16-,18+/m0/s1. The minimum Gasteiger partial charge on any atom is -0.498 e. The Hall–Kier alpha value is -2.27. The van der Waals surface area contributed by atoms with E-state index in [-0.39, 0.29) is 12.0 Å². The fraction of sp³-hybridized carbons (Fsp3) is 0.450. The summed E-state index contributed by atoms with van der Waals surface area (Å²) in [5.74, 6) is 1.13. The average Bonchev–Trinajstić information content (AvgIpc) is 2.99. The van der Waals surface area contributed by atoms with Crippen molar-refractivity contribution in [3.8, 4) is 5.75 Å². The second-order valence-electron chi connectivity index (χ2n) is 6.06. The molecule has 0 N–H and O–H groups in total. The predicted octanol–water partition coefficient (Wildman–Crippen LogP) is 3.60. The van der Waals surface area contributed by atoms with Crippen LogP contribution in [0.3, 0.4) is 0 Å². The molecule has 0 saturated heterocycles. The topological polar surface area (TPSA) is 54.0 Å². The molecule has 1 aromatic carbocycles. The van der Waals surface area contributed by atoms with Crippen LogP contribution in [0.5, 0.6) is 5.75 Å². The van der Waals surface area contributed by atoms with Crippen LogP contribution >= 0.6 is 0 Å². The van der Waals surface area contributed by atoms with E-state index in [0.717, 1.165) is 11.3 Å². The Labute approximate surface area is 149 Å². The summed E-state index contributed by atoms with van der Waals surface area (Å²) < 4.78 is 21.9. The van der Waals surface area contributed by atoms with Gasteiger partial charge in [0.05, 0.1) is 20.8 Å². The van der Waals surface area contributed by atoms with E-state index in [0.29, 0.717) is 17.9 Å². The SMILES string of the molecule is CCOC(=O)C1=C(OC)[C@@H](C(C)C)O[C@H]1/C=C/c1ccc(OC)cc1. The summed E-state index contributed by atoms with van der Waals surface area (Å²) in [5, 5.41) is 0. The Morgan fingerprint density at radius 2 is 1.88 bits per heavy atom. The van der Waals surface area contributed by atoms with Crippen molar-refractivity contribution < 1.29 is 23.7 Å². The molecule has 1 heterocycles. The fourth-order valence-electron chi connectivity index (χ4n) is 2.75. The number of rotatable bonds is 7. The first kappa shape index (κ1) is 19.1. The molecule has 0 aliphatic carbocycles. The van der Waals surface area contributed by atoms with Crippen LogP contribution in [-0.4, -0.2) is 39.0 Å². The van der Waals surface area contributed by atoms with Gasteiger partial charge in [-0.2, -0.15) is 0 Å². The molecule has 0 radical (unpaired) electrons. The van der Waals surface area contributed by atoms with Crippen LogP contribution in [0.2, 0.25) is 0 Å². The Bertz CT molecular complexity index is 643.